The Kier molecular flexibility index (Phi) is 7.88. The molecule has 3 saturated heterocycles. The predicted molar refractivity (Wildman–Crippen MR) is 106 cm³/mol. The molecule has 3 aliphatic heterocycles. The van der Waals surface area contributed by atoms with Gasteiger partial charge in [0.2, 0.25) is 5.91 Å². The molecule has 0 aromatic rings. The van der Waals surface area contributed by atoms with Crippen molar-refractivity contribution in [1.29, 1.82) is 0 Å². The van der Waals surface area contributed by atoms with Gasteiger partial charge in [0.05, 0.1) is 17.5 Å². The van der Waals surface area contributed by atoms with E-state index < -0.39 is 47.3 Å². The van der Waals surface area contributed by atoms with E-state index in [1.54, 1.807) is 13.2 Å². The molecule has 3 aliphatic rings. The lowest BCUT2D eigenvalue weighted by atomic mass is 9.92. The first-order chi connectivity index (χ1) is 13.3. The third-order valence-corrected chi connectivity index (χ3v) is 7.08. The van der Waals surface area contributed by atoms with Crippen molar-refractivity contribution < 1.29 is 29.6 Å². The SMILES string of the molecule is CSC1O[C@H]([C@H](NC(=O)[C@H]2NC[C@@H]3CCCCO[C@H]32)[C@H](C)Cl)C(O)C(O)[C@H]1O. The third-order valence-electron chi connectivity index (χ3n) is 5.95. The van der Waals surface area contributed by atoms with Crippen LogP contribution in [-0.4, -0.2) is 94.1 Å². The Balaban J connectivity index is 1.71. The van der Waals surface area contributed by atoms with Crippen LogP contribution in [-0.2, 0) is 14.3 Å². The molecule has 3 heterocycles. The van der Waals surface area contributed by atoms with Crippen LogP contribution in [0.2, 0.25) is 0 Å². The second-order valence-electron chi connectivity index (χ2n) is 7.87. The Morgan fingerprint density at radius 2 is 2.00 bits per heavy atom. The van der Waals surface area contributed by atoms with Crippen LogP contribution in [0.5, 0.6) is 0 Å². The van der Waals surface area contributed by atoms with Gasteiger partial charge in [-0.1, -0.05) is 6.42 Å². The Morgan fingerprint density at radius 1 is 1.25 bits per heavy atom. The monoisotopic (exact) mass is 438 g/mol. The van der Waals surface area contributed by atoms with Crippen LogP contribution in [0.1, 0.15) is 26.2 Å². The zero-order valence-corrected chi connectivity index (χ0v) is 17.7. The topological polar surface area (TPSA) is 120 Å². The Labute approximate surface area is 174 Å². The van der Waals surface area contributed by atoms with Gasteiger partial charge in [0.15, 0.2) is 0 Å². The summed E-state index contributed by atoms with van der Waals surface area (Å²) in [5.41, 5.74) is -0.725. The zero-order valence-electron chi connectivity index (χ0n) is 16.2. The smallest absolute Gasteiger partial charge is 0.240 e. The number of hydrogen-bond donors (Lipinski definition) is 5. The van der Waals surface area contributed by atoms with E-state index in [1.165, 1.54) is 11.8 Å². The number of alkyl halides is 1. The molecule has 5 N–H and O–H groups in total. The van der Waals surface area contributed by atoms with Gasteiger partial charge in [-0.05, 0) is 31.9 Å². The number of aliphatic hydroxyl groups excluding tert-OH is 3. The van der Waals surface area contributed by atoms with Crippen LogP contribution in [0.25, 0.3) is 0 Å². The lowest BCUT2D eigenvalue weighted by Crippen LogP contribution is -2.65. The van der Waals surface area contributed by atoms with E-state index in [2.05, 4.69) is 10.6 Å². The summed E-state index contributed by atoms with van der Waals surface area (Å²) in [5, 5.41) is 36.3. The number of carbonyl (C=O) groups is 1. The van der Waals surface area contributed by atoms with Crippen molar-refractivity contribution in [1.82, 2.24) is 10.6 Å². The average Bonchev–Trinajstić information content (AvgIpc) is 2.93. The van der Waals surface area contributed by atoms with Gasteiger partial charge in [-0.15, -0.1) is 23.4 Å². The number of thioether (sulfide) groups is 1. The van der Waals surface area contributed by atoms with E-state index in [0.717, 1.165) is 25.8 Å². The number of fused-ring (bicyclic) bond motifs is 1. The summed E-state index contributed by atoms with van der Waals surface area (Å²) in [5.74, 6) is 0.0449. The van der Waals surface area contributed by atoms with Gasteiger partial charge in [0, 0.05) is 13.2 Å². The normalized spacial score (nSPS) is 43.6. The molecule has 0 spiro atoms. The van der Waals surface area contributed by atoms with Gasteiger partial charge in [0.1, 0.15) is 35.9 Å². The van der Waals surface area contributed by atoms with E-state index in [4.69, 9.17) is 21.1 Å². The van der Waals surface area contributed by atoms with Gasteiger partial charge in [0.25, 0.3) is 0 Å². The Hall–Kier alpha value is -0.130. The maximum absolute atomic E-state index is 13.0. The molecular weight excluding hydrogens is 408 g/mol. The second-order valence-corrected chi connectivity index (χ2v) is 9.49. The minimum absolute atomic E-state index is 0.183. The van der Waals surface area contributed by atoms with E-state index in [9.17, 15) is 20.1 Å². The van der Waals surface area contributed by atoms with Crippen LogP contribution in [0.4, 0.5) is 0 Å². The van der Waals surface area contributed by atoms with E-state index >= 15 is 0 Å². The largest absolute Gasteiger partial charge is 0.388 e. The van der Waals surface area contributed by atoms with E-state index in [1.807, 2.05) is 0 Å². The first-order valence-electron chi connectivity index (χ1n) is 9.87. The fraction of sp³-hybridized carbons (Fsp3) is 0.944. The molecule has 3 fully saturated rings. The summed E-state index contributed by atoms with van der Waals surface area (Å²) < 4.78 is 11.7. The van der Waals surface area contributed by atoms with Crippen molar-refractivity contribution in [2.75, 3.05) is 19.4 Å². The maximum Gasteiger partial charge on any atom is 0.240 e. The summed E-state index contributed by atoms with van der Waals surface area (Å²) >= 11 is 7.55. The molecule has 10 heteroatoms. The number of halogens is 1. The summed E-state index contributed by atoms with van der Waals surface area (Å²) in [6, 6.07) is -1.23. The lowest BCUT2D eigenvalue weighted by Gasteiger charge is -2.44. The van der Waals surface area contributed by atoms with Crippen molar-refractivity contribution in [2.45, 2.75) is 79.6 Å². The van der Waals surface area contributed by atoms with Gasteiger partial charge in [-0.2, -0.15) is 0 Å². The number of ether oxygens (including phenoxy) is 2. The maximum atomic E-state index is 13.0. The molecule has 0 aliphatic carbocycles. The third kappa shape index (κ3) is 4.62. The van der Waals surface area contributed by atoms with Crippen LogP contribution in [0.3, 0.4) is 0 Å². The van der Waals surface area contributed by atoms with E-state index in [-0.39, 0.29) is 12.0 Å². The highest BCUT2D eigenvalue weighted by molar-refractivity contribution is 7.99. The molecule has 0 bridgehead atoms. The quantitative estimate of drug-likeness (QED) is 0.362. The highest BCUT2D eigenvalue weighted by Crippen LogP contribution is 2.31. The molecule has 3 unspecified atom stereocenters. The molecule has 162 valence electrons. The summed E-state index contributed by atoms with van der Waals surface area (Å²) in [7, 11) is 0. The Morgan fingerprint density at radius 3 is 2.68 bits per heavy atom. The molecule has 3 rings (SSSR count). The van der Waals surface area contributed by atoms with Gasteiger partial charge < -0.3 is 35.4 Å². The molecule has 28 heavy (non-hydrogen) atoms. The molecule has 0 aromatic heterocycles. The highest BCUT2D eigenvalue weighted by Gasteiger charge is 2.49. The van der Waals surface area contributed by atoms with Crippen LogP contribution in [0, 0.1) is 5.92 Å². The number of hydrogen-bond acceptors (Lipinski definition) is 8. The van der Waals surface area contributed by atoms with Crippen molar-refractivity contribution >= 4 is 29.3 Å². The average molecular weight is 439 g/mol. The highest BCUT2D eigenvalue weighted by atomic mass is 35.5. The number of nitrogens with one attached hydrogen (secondary N) is 2. The van der Waals surface area contributed by atoms with Crippen LogP contribution in [0.15, 0.2) is 0 Å². The first-order valence-corrected chi connectivity index (χ1v) is 11.6. The first kappa shape index (κ1) is 22.6. The van der Waals surface area contributed by atoms with Crippen LogP contribution < -0.4 is 10.6 Å². The van der Waals surface area contributed by atoms with Crippen molar-refractivity contribution in [3.05, 3.63) is 0 Å². The standard InChI is InChI=1S/C18H31ClN2O6S/c1-8(19)10(16-13(23)12(22)14(24)18(27-16)28-2)21-17(25)11-15-9(7-20-11)5-3-4-6-26-15/h8-16,18,20,22-24H,3-7H2,1-2H3,(H,21,25)/t8-,9-,10+,11-,12?,13?,14+,15+,16+,18?/m0/s1. The van der Waals surface area contributed by atoms with Crippen molar-refractivity contribution in [3.8, 4) is 0 Å². The molecule has 0 radical (unpaired) electrons. The Bertz CT molecular complexity index is 542. The minimum atomic E-state index is -1.38. The molecule has 0 aromatic carbocycles. The van der Waals surface area contributed by atoms with Crippen molar-refractivity contribution in [3.63, 3.8) is 0 Å². The molecule has 0 saturated carbocycles. The molecular formula is C18H31ClN2O6S. The second kappa shape index (κ2) is 9.78. The summed E-state index contributed by atoms with van der Waals surface area (Å²) in [4.78, 5) is 13.0. The lowest BCUT2D eigenvalue weighted by molar-refractivity contribution is -0.205. The number of aliphatic hydroxyl groups is 3. The number of rotatable bonds is 5. The van der Waals surface area contributed by atoms with E-state index in [0.29, 0.717) is 12.5 Å². The van der Waals surface area contributed by atoms with Gasteiger partial charge in [-0.3, -0.25) is 4.79 Å². The number of carbonyl (C=O) groups excluding carboxylic acids is 1. The molecule has 1 amide bonds. The van der Waals surface area contributed by atoms with Crippen molar-refractivity contribution in [2.24, 2.45) is 5.92 Å². The fourth-order valence-corrected chi connectivity index (χ4v) is 5.21. The molecule has 8 nitrogen and oxygen atoms in total. The fourth-order valence-electron chi connectivity index (χ4n) is 4.33. The predicted octanol–water partition coefficient (Wildman–Crippen LogP) is -0.574. The van der Waals surface area contributed by atoms with Crippen LogP contribution >= 0.6 is 23.4 Å². The minimum Gasteiger partial charge on any atom is -0.388 e. The number of amides is 1. The summed E-state index contributed by atoms with van der Waals surface area (Å²) in [6.07, 6.45) is -0.247. The van der Waals surface area contributed by atoms with Gasteiger partial charge in [-0.25, -0.2) is 0 Å². The van der Waals surface area contributed by atoms with Gasteiger partial charge >= 0.3 is 0 Å². The summed E-state index contributed by atoms with van der Waals surface area (Å²) in [6.45, 7) is 3.07. The molecule has 10 atom stereocenters. The zero-order chi connectivity index (χ0) is 20.4.